The van der Waals surface area contributed by atoms with Gasteiger partial charge in [-0.2, -0.15) is 0 Å². The lowest BCUT2D eigenvalue weighted by molar-refractivity contribution is 0.105. The topological polar surface area (TPSA) is 52.3 Å². The number of nitrogens with zero attached hydrogens (tertiary/aromatic N) is 1. The van der Waals surface area contributed by atoms with Gasteiger partial charge in [-0.1, -0.05) is 37.3 Å². The smallest absolute Gasteiger partial charge is 0.231 e. The van der Waals surface area contributed by atoms with Crippen molar-refractivity contribution in [3.05, 3.63) is 95.6 Å². The van der Waals surface area contributed by atoms with Crippen LogP contribution in [0.2, 0.25) is 0 Å². The van der Waals surface area contributed by atoms with Crippen molar-refractivity contribution in [2.45, 2.75) is 13.3 Å². The number of rotatable bonds is 7. The summed E-state index contributed by atoms with van der Waals surface area (Å²) >= 11 is 0. The summed E-state index contributed by atoms with van der Waals surface area (Å²) in [4.78, 5) is 17.8. The van der Waals surface area contributed by atoms with Crippen molar-refractivity contribution in [2.24, 2.45) is 0 Å². The van der Waals surface area contributed by atoms with Crippen LogP contribution in [0.1, 0.15) is 35.2 Å². The third kappa shape index (κ3) is 4.15. The molecule has 0 saturated heterocycles. The van der Waals surface area contributed by atoms with E-state index >= 15 is 0 Å². The SMILES string of the molecule is CCCOc1ccc(C(=O)C(=Cc2ccccc2F)c2nc3ccccc3o2)cc1. The molecule has 0 fully saturated rings. The Morgan fingerprint density at radius 1 is 1.03 bits per heavy atom. The fourth-order valence-electron chi connectivity index (χ4n) is 3.04. The second-order valence-electron chi connectivity index (χ2n) is 6.77. The van der Waals surface area contributed by atoms with Gasteiger partial charge in [0.05, 0.1) is 12.2 Å². The average Bonchev–Trinajstić information content (AvgIpc) is 3.21. The monoisotopic (exact) mass is 401 g/mol. The van der Waals surface area contributed by atoms with Gasteiger partial charge >= 0.3 is 0 Å². The molecule has 150 valence electrons. The molecular formula is C25H20FNO3. The lowest BCUT2D eigenvalue weighted by Gasteiger charge is -2.07. The maximum Gasteiger partial charge on any atom is 0.231 e. The lowest BCUT2D eigenvalue weighted by Crippen LogP contribution is -2.04. The minimum atomic E-state index is -0.428. The second kappa shape index (κ2) is 8.74. The summed E-state index contributed by atoms with van der Waals surface area (Å²) in [7, 11) is 0. The number of aromatic nitrogens is 1. The van der Waals surface area contributed by atoms with E-state index in [0.717, 1.165) is 6.42 Å². The first-order chi connectivity index (χ1) is 14.7. The van der Waals surface area contributed by atoms with Gasteiger partial charge in [0.25, 0.3) is 0 Å². The summed E-state index contributed by atoms with van der Waals surface area (Å²) in [6, 6.07) is 20.4. The van der Waals surface area contributed by atoms with Crippen LogP contribution in [0.15, 0.2) is 77.2 Å². The standard InChI is InChI=1S/C25H20FNO3/c1-2-15-29-19-13-11-17(12-14-19)24(28)20(16-18-7-3-4-8-21(18)26)25-27-22-9-5-6-10-23(22)30-25/h3-14,16H,2,15H2,1H3. The van der Waals surface area contributed by atoms with Gasteiger partial charge in [-0.3, -0.25) is 4.79 Å². The number of oxazole rings is 1. The van der Waals surface area contributed by atoms with Crippen LogP contribution >= 0.6 is 0 Å². The average molecular weight is 401 g/mol. The number of para-hydroxylation sites is 2. The van der Waals surface area contributed by atoms with Crippen LogP contribution in [0.3, 0.4) is 0 Å². The van der Waals surface area contributed by atoms with Crippen LogP contribution in [0, 0.1) is 5.82 Å². The Kier molecular flexibility index (Phi) is 5.70. The van der Waals surface area contributed by atoms with E-state index in [9.17, 15) is 9.18 Å². The predicted molar refractivity (Wildman–Crippen MR) is 115 cm³/mol. The third-order valence-corrected chi connectivity index (χ3v) is 4.56. The van der Waals surface area contributed by atoms with Crippen molar-refractivity contribution >= 4 is 28.5 Å². The number of ketones is 1. The largest absolute Gasteiger partial charge is 0.494 e. The van der Waals surface area contributed by atoms with E-state index in [0.29, 0.717) is 29.0 Å². The van der Waals surface area contributed by atoms with Gasteiger partial charge < -0.3 is 9.15 Å². The molecule has 3 aromatic carbocycles. The van der Waals surface area contributed by atoms with E-state index < -0.39 is 5.82 Å². The number of carbonyl (C=O) groups excluding carboxylic acids is 1. The zero-order chi connectivity index (χ0) is 20.9. The molecule has 4 nitrogen and oxygen atoms in total. The highest BCUT2D eigenvalue weighted by molar-refractivity contribution is 6.31. The minimum absolute atomic E-state index is 0.149. The van der Waals surface area contributed by atoms with Crippen LogP contribution in [-0.4, -0.2) is 17.4 Å². The maximum absolute atomic E-state index is 14.3. The van der Waals surface area contributed by atoms with E-state index in [-0.39, 0.29) is 22.8 Å². The quantitative estimate of drug-likeness (QED) is 0.274. The second-order valence-corrected chi connectivity index (χ2v) is 6.77. The molecule has 0 aliphatic heterocycles. The lowest BCUT2D eigenvalue weighted by atomic mass is 10.0. The van der Waals surface area contributed by atoms with Gasteiger partial charge in [-0.05, 0) is 55.0 Å². The molecule has 1 aromatic heterocycles. The molecule has 0 saturated carbocycles. The van der Waals surface area contributed by atoms with Gasteiger partial charge in [0.1, 0.15) is 17.1 Å². The van der Waals surface area contributed by atoms with Crippen molar-refractivity contribution < 1.29 is 18.3 Å². The predicted octanol–water partition coefficient (Wildman–Crippen LogP) is 6.18. The Morgan fingerprint density at radius 2 is 1.77 bits per heavy atom. The molecule has 30 heavy (non-hydrogen) atoms. The number of hydrogen-bond donors (Lipinski definition) is 0. The molecule has 0 aliphatic carbocycles. The maximum atomic E-state index is 14.3. The van der Waals surface area contributed by atoms with E-state index in [2.05, 4.69) is 4.98 Å². The van der Waals surface area contributed by atoms with Crippen molar-refractivity contribution in [1.82, 2.24) is 4.98 Å². The number of hydrogen-bond acceptors (Lipinski definition) is 4. The van der Waals surface area contributed by atoms with E-state index in [1.807, 2.05) is 19.1 Å². The third-order valence-electron chi connectivity index (χ3n) is 4.56. The van der Waals surface area contributed by atoms with Crippen molar-refractivity contribution in [3.63, 3.8) is 0 Å². The molecule has 0 N–H and O–H groups in total. The Balaban J connectivity index is 1.77. The van der Waals surface area contributed by atoms with Gasteiger partial charge in [0.15, 0.2) is 11.4 Å². The first-order valence-corrected chi connectivity index (χ1v) is 9.75. The highest BCUT2D eigenvalue weighted by Crippen LogP contribution is 2.27. The molecule has 0 radical (unpaired) electrons. The van der Waals surface area contributed by atoms with Crippen LogP contribution in [0.25, 0.3) is 22.7 Å². The normalized spacial score (nSPS) is 11.6. The van der Waals surface area contributed by atoms with Gasteiger partial charge in [0.2, 0.25) is 5.89 Å². The molecule has 0 bridgehead atoms. The van der Waals surface area contributed by atoms with Crippen LogP contribution in [-0.2, 0) is 0 Å². The molecule has 0 spiro atoms. The summed E-state index contributed by atoms with van der Waals surface area (Å²) in [5.41, 5.74) is 2.08. The molecule has 5 heteroatoms. The summed E-state index contributed by atoms with van der Waals surface area (Å²) in [6.07, 6.45) is 2.37. The fourth-order valence-corrected chi connectivity index (χ4v) is 3.04. The highest BCUT2D eigenvalue weighted by Gasteiger charge is 2.21. The molecule has 4 rings (SSSR count). The number of Topliss-reactive ketones (excluding diaryl/α,β-unsaturated/α-hetero) is 1. The highest BCUT2D eigenvalue weighted by atomic mass is 19.1. The van der Waals surface area contributed by atoms with Crippen LogP contribution in [0.5, 0.6) is 5.75 Å². The molecule has 0 amide bonds. The zero-order valence-corrected chi connectivity index (χ0v) is 16.5. The Hall–Kier alpha value is -3.73. The van der Waals surface area contributed by atoms with E-state index in [1.165, 1.54) is 12.1 Å². The molecule has 1 heterocycles. The van der Waals surface area contributed by atoms with Crippen molar-refractivity contribution in [1.29, 1.82) is 0 Å². The summed E-state index contributed by atoms with van der Waals surface area (Å²) < 4.78 is 25.7. The Morgan fingerprint density at radius 3 is 2.50 bits per heavy atom. The number of carbonyl (C=O) groups is 1. The van der Waals surface area contributed by atoms with Crippen LogP contribution < -0.4 is 4.74 Å². The first kappa shape index (κ1) is 19.6. The Labute approximate surface area is 173 Å². The van der Waals surface area contributed by atoms with Crippen molar-refractivity contribution in [3.8, 4) is 5.75 Å². The number of benzene rings is 3. The van der Waals surface area contributed by atoms with Gasteiger partial charge in [-0.15, -0.1) is 0 Å². The first-order valence-electron chi connectivity index (χ1n) is 9.75. The molecule has 4 aromatic rings. The number of fused-ring (bicyclic) bond motifs is 1. The summed E-state index contributed by atoms with van der Waals surface area (Å²) in [6.45, 7) is 2.63. The zero-order valence-electron chi connectivity index (χ0n) is 16.5. The number of allylic oxidation sites excluding steroid dienone is 1. The number of ether oxygens (including phenoxy) is 1. The van der Waals surface area contributed by atoms with E-state index in [1.54, 1.807) is 54.6 Å². The Bertz CT molecular complexity index is 1180. The molecule has 0 aliphatic rings. The summed E-state index contributed by atoms with van der Waals surface area (Å²) in [5, 5.41) is 0. The minimum Gasteiger partial charge on any atom is -0.494 e. The fraction of sp³-hybridized carbons (Fsp3) is 0.120. The molecular weight excluding hydrogens is 381 g/mol. The van der Waals surface area contributed by atoms with Gasteiger partial charge in [-0.25, -0.2) is 9.37 Å². The number of halogens is 1. The van der Waals surface area contributed by atoms with E-state index in [4.69, 9.17) is 9.15 Å². The van der Waals surface area contributed by atoms with Crippen molar-refractivity contribution in [2.75, 3.05) is 6.61 Å². The molecule has 0 unspecified atom stereocenters. The van der Waals surface area contributed by atoms with Gasteiger partial charge in [0, 0.05) is 11.1 Å². The van der Waals surface area contributed by atoms with Crippen LogP contribution in [0.4, 0.5) is 4.39 Å². The molecule has 0 atom stereocenters. The summed E-state index contributed by atoms with van der Waals surface area (Å²) in [5.74, 6) is 0.0970.